The first kappa shape index (κ1) is 11.0. The predicted octanol–water partition coefficient (Wildman–Crippen LogP) is 1.46. The predicted molar refractivity (Wildman–Crippen MR) is 55.1 cm³/mol. The molecule has 1 aromatic carbocycles. The zero-order valence-electron chi connectivity index (χ0n) is 7.79. The largest absolute Gasteiger partial charge is 0.394 e. The number of nitrogens with one attached hydrogen (secondary N) is 1. The van der Waals surface area contributed by atoms with Gasteiger partial charge in [-0.15, -0.1) is 0 Å². The van der Waals surface area contributed by atoms with Gasteiger partial charge in [0.25, 0.3) is 0 Å². The summed E-state index contributed by atoms with van der Waals surface area (Å²) in [6.45, 7) is -0.0261. The molecule has 0 spiro atoms. The van der Waals surface area contributed by atoms with Crippen LogP contribution >= 0.6 is 11.6 Å². The van der Waals surface area contributed by atoms with Gasteiger partial charge in [-0.1, -0.05) is 11.6 Å². The van der Waals surface area contributed by atoms with Crippen molar-refractivity contribution < 1.29 is 5.11 Å². The number of hydrogen-bond acceptors (Lipinski definition) is 3. The Labute approximate surface area is 87.9 Å². The molecule has 0 aliphatic carbocycles. The van der Waals surface area contributed by atoms with E-state index in [0.29, 0.717) is 10.6 Å². The van der Waals surface area contributed by atoms with Crippen molar-refractivity contribution in [3.63, 3.8) is 0 Å². The highest BCUT2D eigenvalue weighted by Crippen LogP contribution is 2.19. The third-order valence-electron chi connectivity index (χ3n) is 1.98. The molecule has 4 heteroatoms. The molecule has 1 atom stereocenters. The lowest BCUT2D eigenvalue weighted by atomic mass is 10.1. The van der Waals surface area contributed by atoms with E-state index in [0.717, 1.165) is 5.56 Å². The third-order valence-corrected chi connectivity index (χ3v) is 2.20. The molecular weight excluding hydrogens is 200 g/mol. The number of hydrogen-bond donors (Lipinski definition) is 2. The summed E-state index contributed by atoms with van der Waals surface area (Å²) in [7, 11) is 1.74. The maximum absolute atomic E-state index is 9.05. The minimum absolute atomic E-state index is 0.0261. The van der Waals surface area contributed by atoms with Crippen LogP contribution in [0.4, 0.5) is 0 Å². The lowest BCUT2D eigenvalue weighted by molar-refractivity contribution is 0.251. The Morgan fingerprint density at radius 2 is 2.29 bits per heavy atom. The summed E-state index contributed by atoms with van der Waals surface area (Å²) in [5.41, 5.74) is 1.32. The van der Waals surface area contributed by atoms with Crippen LogP contribution in [-0.2, 0) is 0 Å². The van der Waals surface area contributed by atoms with E-state index in [-0.39, 0.29) is 12.6 Å². The van der Waals surface area contributed by atoms with E-state index in [1.54, 1.807) is 25.2 Å². The molecule has 0 bridgehead atoms. The summed E-state index contributed by atoms with van der Waals surface area (Å²) in [5.74, 6) is 0. The molecule has 0 aromatic heterocycles. The first-order chi connectivity index (χ1) is 6.71. The van der Waals surface area contributed by atoms with E-state index in [1.807, 2.05) is 6.07 Å². The van der Waals surface area contributed by atoms with Gasteiger partial charge in [-0.2, -0.15) is 5.26 Å². The minimum Gasteiger partial charge on any atom is -0.394 e. The lowest BCUT2D eigenvalue weighted by Crippen LogP contribution is -2.19. The molecule has 0 saturated carbocycles. The minimum atomic E-state index is -0.180. The summed E-state index contributed by atoms with van der Waals surface area (Å²) in [4.78, 5) is 0. The van der Waals surface area contributed by atoms with E-state index in [2.05, 4.69) is 5.32 Å². The Morgan fingerprint density at radius 1 is 1.57 bits per heavy atom. The highest BCUT2D eigenvalue weighted by molar-refractivity contribution is 6.30. The second-order valence-electron chi connectivity index (χ2n) is 2.91. The lowest BCUT2D eigenvalue weighted by Gasteiger charge is -2.13. The van der Waals surface area contributed by atoms with E-state index >= 15 is 0 Å². The monoisotopic (exact) mass is 210 g/mol. The number of rotatable bonds is 3. The maximum atomic E-state index is 9.05. The quantitative estimate of drug-likeness (QED) is 0.795. The van der Waals surface area contributed by atoms with Crippen LogP contribution < -0.4 is 5.32 Å². The van der Waals surface area contributed by atoms with E-state index < -0.39 is 0 Å². The number of aliphatic hydroxyl groups is 1. The van der Waals surface area contributed by atoms with Gasteiger partial charge in [0.1, 0.15) is 0 Å². The molecule has 0 amide bonds. The van der Waals surface area contributed by atoms with Crippen LogP contribution in [0.5, 0.6) is 0 Å². The Morgan fingerprint density at radius 3 is 2.79 bits per heavy atom. The fourth-order valence-electron chi connectivity index (χ4n) is 1.24. The van der Waals surface area contributed by atoms with Crippen molar-refractivity contribution in [3.8, 4) is 6.07 Å². The molecule has 74 valence electrons. The summed E-state index contributed by atoms with van der Waals surface area (Å²) >= 11 is 5.83. The van der Waals surface area contributed by atoms with Gasteiger partial charge < -0.3 is 10.4 Å². The zero-order valence-corrected chi connectivity index (χ0v) is 8.54. The highest BCUT2D eigenvalue weighted by Gasteiger charge is 2.09. The Balaban J connectivity index is 3.09. The van der Waals surface area contributed by atoms with Crippen molar-refractivity contribution in [2.75, 3.05) is 13.7 Å². The molecule has 0 radical (unpaired) electrons. The summed E-state index contributed by atoms with van der Waals surface area (Å²) in [5, 5.41) is 21.2. The highest BCUT2D eigenvalue weighted by atomic mass is 35.5. The van der Waals surface area contributed by atoms with Gasteiger partial charge in [0.2, 0.25) is 0 Å². The topological polar surface area (TPSA) is 56.0 Å². The van der Waals surface area contributed by atoms with Crippen LogP contribution in [0, 0.1) is 11.3 Å². The average Bonchev–Trinajstić information content (AvgIpc) is 2.19. The van der Waals surface area contributed by atoms with Crippen LogP contribution in [0.1, 0.15) is 17.2 Å². The number of nitrogens with zero attached hydrogens (tertiary/aromatic N) is 1. The molecule has 0 aliphatic rings. The first-order valence-corrected chi connectivity index (χ1v) is 4.57. The Hall–Kier alpha value is -1.08. The van der Waals surface area contributed by atoms with Gasteiger partial charge >= 0.3 is 0 Å². The van der Waals surface area contributed by atoms with Gasteiger partial charge in [0.15, 0.2) is 0 Å². The fourth-order valence-corrected chi connectivity index (χ4v) is 1.48. The average molecular weight is 211 g/mol. The summed E-state index contributed by atoms with van der Waals surface area (Å²) in [6.07, 6.45) is 0. The first-order valence-electron chi connectivity index (χ1n) is 4.20. The van der Waals surface area contributed by atoms with Crippen molar-refractivity contribution in [2.45, 2.75) is 6.04 Å². The number of benzene rings is 1. The van der Waals surface area contributed by atoms with Gasteiger partial charge in [-0.3, -0.25) is 0 Å². The number of nitriles is 1. The molecule has 0 unspecified atom stereocenters. The number of likely N-dealkylation sites (N-methyl/N-ethyl adjacent to an activating group) is 1. The maximum Gasteiger partial charge on any atom is 0.0992 e. The number of halogens is 1. The third kappa shape index (κ3) is 2.46. The van der Waals surface area contributed by atoms with Crippen LogP contribution in [-0.4, -0.2) is 18.8 Å². The van der Waals surface area contributed by atoms with Crippen molar-refractivity contribution in [1.29, 1.82) is 5.26 Å². The van der Waals surface area contributed by atoms with E-state index in [4.69, 9.17) is 22.0 Å². The molecular formula is C10H11ClN2O. The van der Waals surface area contributed by atoms with Crippen molar-refractivity contribution >= 4 is 11.6 Å². The standard InChI is InChI=1S/C10H11ClN2O/c1-13-10(6-14)8-2-7(5-12)3-9(11)4-8/h2-4,10,13-14H,6H2,1H3/t10-/m1/s1. The molecule has 14 heavy (non-hydrogen) atoms. The Bertz CT molecular complexity index is 356. The number of aliphatic hydroxyl groups excluding tert-OH is 1. The van der Waals surface area contributed by atoms with Gasteiger partial charge in [0, 0.05) is 5.02 Å². The summed E-state index contributed by atoms with van der Waals surface area (Å²) < 4.78 is 0. The zero-order chi connectivity index (χ0) is 10.6. The summed E-state index contributed by atoms with van der Waals surface area (Å²) in [6, 6.07) is 6.88. The van der Waals surface area contributed by atoms with Gasteiger partial charge in [0.05, 0.1) is 24.3 Å². The van der Waals surface area contributed by atoms with Crippen LogP contribution in [0.25, 0.3) is 0 Å². The molecule has 0 aliphatic heterocycles. The smallest absolute Gasteiger partial charge is 0.0992 e. The molecule has 3 nitrogen and oxygen atoms in total. The van der Waals surface area contributed by atoms with Crippen molar-refractivity contribution in [1.82, 2.24) is 5.32 Å². The van der Waals surface area contributed by atoms with Crippen LogP contribution in [0.3, 0.4) is 0 Å². The second kappa shape index (κ2) is 4.97. The molecule has 0 saturated heterocycles. The van der Waals surface area contributed by atoms with Crippen LogP contribution in [0.15, 0.2) is 18.2 Å². The van der Waals surface area contributed by atoms with Crippen molar-refractivity contribution in [2.24, 2.45) is 0 Å². The van der Waals surface area contributed by atoms with Gasteiger partial charge in [-0.05, 0) is 30.8 Å². The SMILES string of the molecule is CN[C@H](CO)c1cc(Cl)cc(C#N)c1. The molecule has 1 aromatic rings. The van der Waals surface area contributed by atoms with Gasteiger partial charge in [-0.25, -0.2) is 0 Å². The fraction of sp³-hybridized carbons (Fsp3) is 0.300. The van der Waals surface area contributed by atoms with Crippen molar-refractivity contribution in [3.05, 3.63) is 34.3 Å². The second-order valence-corrected chi connectivity index (χ2v) is 3.35. The molecule has 2 N–H and O–H groups in total. The molecule has 0 heterocycles. The van der Waals surface area contributed by atoms with Crippen LogP contribution in [0.2, 0.25) is 5.02 Å². The molecule has 1 rings (SSSR count). The molecule has 0 fully saturated rings. The normalized spacial score (nSPS) is 12.1. The van der Waals surface area contributed by atoms with E-state index in [9.17, 15) is 0 Å². The van der Waals surface area contributed by atoms with E-state index in [1.165, 1.54) is 0 Å². The Kier molecular flexibility index (Phi) is 3.90.